The average molecular weight is 311 g/mol. The van der Waals surface area contributed by atoms with E-state index in [0.29, 0.717) is 24.7 Å². The van der Waals surface area contributed by atoms with Crippen LogP contribution in [-0.2, 0) is 4.79 Å². The number of carbonyl (C=O) groups is 1. The summed E-state index contributed by atoms with van der Waals surface area (Å²) in [6.07, 6.45) is 3.31. The van der Waals surface area contributed by atoms with E-state index in [4.69, 9.17) is 9.47 Å². The van der Waals surface area contributed by atoms with Gasteiger partial charge >= 0.3 is 0 Å². The molecule has 1 amide bonds. The molecule has 0 aromatic heterocycles. The molecule has 0 aliphatic carbocycles. The van der Waals surface area contributed by atoms with Crippen LogP contribution >= 0.6 is 0 Å². The molecule has 0 radical (unpaired) electrons. The highest BCUT2D eigenvalue weighted by atomic mass is 16.5. The minimum absolute atomic E-state index is 0.144. The first-order chi connectivity index (χ1) is 11.2. The first-order valence-electron chi connectivity index (χ1n) is 7.47. The normalized spacial score (nSPS) is 10.5. The second kappa shape index (κ2) is 8.63. The van der Waals surface area contributed by atoms with E-state index in [0.717, 1.165) is 5.56 Å². The van der Waals surface area contributed by atoms with Crippen molar-refractivity contribution in [3.8, 4) is 11.5 Å². The summed E-state index contributed by atoms with van der Waals surface area (Å²) in [6.45, 7) is 2.83. The Hall–Kier alpha value is -2.75. The zero-order chi connectivity index (χ0) is 16.5. The molecule has 0 heterocycles. The van der Waals surface area contributed by atoms with Crippen LogP contribution in [0.15, 0.2) is 54.6 Å². The summed E-state index contributed by atoms with van der Waals surface area (Å²) in [5.41, 5.74) is 2.19. The van der Waals surface area contributed by atoms with Crippen molar-refractivity contribution in [2.45, 2.75) is 6.92 Å². The van der Waals surface area contributed by atoms with Crippen LogP contribution in [0.4, 0.5) is 0 Å². The highest BCUT2D eigenvalue weighted by Crippen LogP contribution is 2.25. The fraction of sp³-hybridized carbons (Fsp3) is 0.211. The Labute approximate surface area is 136 Å². The highest BCUT2D eigenvalue weighted by molar-refractivity contribution is 5.91. The molecule has 0 saturated carbocycles. The molecule has 0 fully saturated rings. The third-order valence-corrected chi connectivity index (χ3v) is 3.23. The maximum atomic E-state index is 11.7. The van der Waals surface area contributed by atoms with Gasteiger partial charge in [0.2, 0.25) is 5.91 Å². The summed E-state index contributed by atoms with van der Waals surface area (Å²) >= 11 is 0. The van der Waals surface area contributed by atoms with Crippen LogP contribution in [0.25, 0.3) is 6.08 Å². The van der Waals surface area contributed by atoms with Crippen LogP contribution < -0.4 is 14.8 Å². The minimum atomic E-state index is -0.144. The molecule has 2 aromatic carbocycles. The number of ether oxygens (including phenoxy) is 2. The molecule has 0 bridgehead atoms. The van der Waals surface area contributed by atoms with E-state index in [1.807, 2.05) is 55.5 Å². The molecular formula is C19H21NO3. The number of carbonyl (C=O) groups excluding carboxylic acids is 1. The van der Waals surface area contributed by atoms with Crippen molar-refractivity contribution in [1.29, 1.82) is 0 Å². The van der Waals surface area contributed by atoms with Crippen molar-refractivity contribution in [3.05, 3.63) is 65.7 Å². The lowest BCUT2D eigenvalue weighted by molar-refractivity contribution is -0.116. The number of aryl methyl sites for hydroxylation is 1. The molecule has 0 aliphatic heterocycles. The van der Waals surface area contributed by atoms with Crippen molar-refractivity contribution in [3.63, 3.8) is 0 Å². The van der Waals surface area contributed by atoms with Crippen molar-refractivity contribution >= 4 is 12.0 Å². The van der Waals surface area contributed by atoms with E-state index >= 15 is 0 Å². The van der Waals surface area contributed by atoms with E-state index in [-0.39, 0.29) is 5.91 Å². The van der Waals surface area contributed by atoms with E-state index < -0.39 is 0 Å². The third kappa shape index (κ3) is 5.51. The van der Waals surface area contributed by atoms with Gasteiger partial charge in [0.05, 0.1) is 13.7 Å². The number of nitrogens with one attached hydrogen (secondary N) is 1. The summed E-state index contributed by atoms with van der Waals surface area (Å²) in [7, 11) is 1.60. The molecule has 0 atom stereocenters. The van der Waals surface area contributed by atoms with Gasteiger partial charge in [-0.25, -0.2) is 0 Å². The SMILES string of the molecule is COc1ccccc1OCCNC(=O)/C=C/c1ccc(C)cc1. The van der Waals surface area contributed by atoms with Gasteiger partial charge in [-0.05, 0) is 30.7 Å². The molecule has 0 saturated heterocycles. The van der Waals surface area contributed by atoms with Gasteiger partial charge in [-0.3, -0.25) is 4.79 Å². The zero-order valence-corrected chi connectivity index (χ0v) is 13.4. The Balaban J connectivity index is 1.73. The van der Waals surface area contributed by atoms with Crippen LogP contribution in [0, 0.1) is 6.92 Å². The van der Waals surface area contributed by atoms with Gasteiger partial charge in [-0.15, -0.1) is 0 Å². The molecular weight excluding hydrogens is 290 g/mol. The summed E-state index contributed by atoms with van der Waals surface area (Å²) in [4.78, 5) is 11.7. The van der Waals surface area contributed by atoms with Crippen molar-refractivity contribution in [2.24, 2.45) is 0 Å². The van der Waals surface area contributed by atoms with Crippen LogP contribution in [0.3, 0.4) is 0 Å². The lowest BCUT2D eigenvalue weighted by Gasteiger charge is -2.10. The molecule has 2 aromatic rings. The van der Waals surface area contributed by atoms with Crippen molar-refractivity contribution in [1.82, 2.24) is 5.32 Å². The van der Waals surface area contributed by atoms with Gasteiger partial charge in [0.25, 0.3) is 0 Å². The molecule has 4 heteroatoms. The van der Waals surface area contributed by atoms with Crippen LogP contribution in [0.5, 0.6) is 11.5 Å². The molecule has 2 rings (SSSR count). The number of benzene rings is 2. The van der Waals surface area contributed by atoms with Crippen molar-refractivity contribution < 1.29 is 14.3 Å². The van der Waals surface area contributed by atoms with E-state index in [1.54, 1.807) is 13.2 Å². The standard InChI is InChI=1S/C19H21NO3/c1-15-7-9-16(10-8-15)11-12-19(21)20-13-14-23-18-6-4-3-5-17(18)22-2/h3-12H,13-14H2,1-2H3,(H,20,21)/b12-11+. The van der Waals surface area contributed by atoms with Gasteiger partial charge in [0, 0.05) is 6.08 Å². The molecule has 0 spiro atoms. The molecule has 23 heavy (non-hydrogen) atoms. The smallest absolute Gasteiger partial charge is 0.244 e. The number of methoxy groups -OCH3 is 1. The topological polar surface area (TPSA) is 47.6 Å². The Bertz CT molecular complexity index is 663. The van der Waals surface area contributed by atoms with Gasteiger partial charge in [0.1, 0.15) is 6.61 Å². The lowest BCUT2D eigenvalue weighted by atomic mass is 10.1. The molecule has 1 N–H and O–H groups in total. The van der Waals surface area contributed by atoms with Crippen LogP contribution in [-0.4, -0.2) is 26.2 Å². The largest absolute Gasteiger partial charge is 0.493 e. The number of amides is 1. The number of hydrogen-bond donors (Lipinski definition) is 1. The Kier molecular flexibility index (Phi) is 6.24. The first kappa shape index (κ1) is 16.6. The Morgan fingerprint density at radius 1 is 1.09 bits per heavy atom. The first-order valence-corrected chi connectivity index (χ1v) is 7.47. The maximum absolute atomic E-state index is 11.7. The van der Waals surface area contributed by atoms with Gasteiger partial charge in [0.15, 0.2) is 11.5 Å². The molecule has 120 valence electrons. The Morgan fingerprint density at radius 2 is 1.78 bits per heavy atom. The fourth-order valence-electron chi connectivity index (χ4n) is 1.98. The average Bonchev–Trinajstić information content (AvgIpc) is 2.58. The quantitative estimate of drug-likeness (QED) is 0.631. The van der Waals surface area contributed by atoms with E-state index in [9.17, 15) is 4.79 Å². The summed E-state index contributed by atoms with van der Waals surface area (Å²) in [6, 6.07) is 15.4. The maximum Gasteiger partial charge on any atom is 0.244 e. The number of rotatable bonds is 7. The second-order valence-corrected chi connectivity index (χ2v) is 5.03. The predicted molar refractivity (Wildman–Crippen MR) is 91.7 cm³/mol. The number of hydrogen-bond acceptors (Lipinski definition) is 3. The Morgan fingerprint density at radius 3 is 2.48 bits per heavy atom. The monoisotopic (exact) mass is 311 g/mol. The van der Waals surface area contributed by atoms with E-state index in [1.165, 1.54) is 11.6 Å². The third-order valence-electron chi connectivity index (χ3n) is 3.23. The molecule has 0 aliphatic rings. The highest BCUT2D eigenvalue weighted by Gasteiger charge is 2.02. The molecule has 0 unspecified atom stereocenters. The fourth-order valence-corrected chi connectivity index (χ4v) is 1.98. The van der Waals surface area contributed by atoms with E-state index in [2.05, 4.69) is 5.32 Å². The van der Waals surface area contributed by atoms with Gasteiger partial charge in [-0.2, -0.15) is 0 Å². The molecule has 4 nitrogen and oxygen atoms in total. The minimum Gasteiger partial charge on any atom is -0.493 e. The summed E-state index contributed by atoms with van der Waals surface area (Å²) in [5.74, 6) is 1.20. The summed E-state index contributed by atoms with van der Waals surface area (Å²) in [5, 5.41) is 2.78. The number of para-hydroxylation sites is 2. The zero-order valence-electron chi connectivity index (χ0n) is 13.4. The predicted octanol–water partition coefficient (Wildman–Crippen LogP) is 3.21. The lowest BCUT2D eigenvalue weighted by Crippen LogP contribution is -2.26. The van der Waals surface area contributed by atoms with Crippen LogP contribution in [0.2, 0.25) is 0 Å². The van der Waals surface area contributed by atoms with Gasteiger partial charge < -0.3 is 14.8 Å². The van der Waals surface area contributed by atoms with Crippen molar-refractivity contribution in [2.75, 3.05) is 20.3 Å². The van der Waals surface area contributed by atoms with Gasteiger partial charge in [-0.1, -0.05) is 42.0 Å². The second-order valence-electron chi connectivity index (χ2n) is 5.03. The summed E-state index contributed by atoms with van der Waals surface area (Å²) < 4.78 is 10.8. The van der Waals surface area contributed by atoms with Crippen LogP contribution in [0.1, 0.15) is 11.1 Å².